The lowest BCUT2D eigenvalue weighted by Crippen LogP contribution is -1.95. The quantitative estimate of drug-likeness (QED) is 0.584. The molecule has 0 radical (unpaired) electrons. The van der Waals surface area contributed by atoms with Gasteiger partial charge in [-0.2, -0.15) is 0 Å². The maximum Gasteiger partial charge on any atom is 0.0978 e. The van der Waals surface area contributed by atoms with Crippen molar-refractivity contribution >= 4 is 16.8 Å². The van der Waals surface area contributed by atoms with Crippen LogP contribution in [0.25, 0.3) is 0 Å². The van der Waals surface area contributed by atoms with Crippen molar-refractivity contribution in [2.24, 2.45) is 4.99 Å². The molecule has 0 N–H and O–H groups in total. The van der Waals surface area contributed by atoms with E-state index in [9.17, 15) is 0 Å². The zero-order valence-electron chi connectivity index (χ0n) is 9.84. The molecule has 0 unspecified atom stereocenters. The summed E-state index contributed by atoms with van der Waals surface area (Å²) in [5.41, 5.74) is 2.44. The summed E-state index contributed by atoms with van der Waals surface area (Å²) in [7, 11) is 0. The van der Waals surface area contributed by atoms with Crippen molar-refractivity contribution in [1.29, 1.82) is 0 Å². The number of nitrogens with zero attached hydrogens (tertiary/aromatic N) is 1. The van der Waals surface area contributed by atoms with E-state index in [-0.39, 0.29) is 0 Å². The number of benzene rings is 2. The molecule has 0 aliphatic rings. The highest BCUT2D eigenvalue weighted by Gasteiger charge is 2.00. The minimum absolute atomic E-state index is 0.742. The minimum Gasteiger partial charge on any atom is -0.273 e. The number of rotatable bonds is 3. The largest absolute Gasteiger partial charge is 0.273 e. The van der Waals surface area contributed by atoms with Gasteiger partial charge in [-0.1, -0.05) is 60.7 Å². The average Bonchev–Trinajstić information content (AvgIpc) is 2.42. The van der Waals surface area contributed by atoms with Crippen LogP contribution in [0, 0.1) is 0 Å². The Kier molecular flexibility index (Phi) is 4.39. The molecule has 0 saturated heterocycles. The van der Waals surface area contributed by atoms with Crippen LogP contribution < -0.4 is 0 Å². The van der Waals surface area contributed by atoms with Gasteiger partial charge in [0.1, 0.15) is 0 Å². The van der Waals surface area contributed by atoms with Crippen molar-refractivity contribution in [1.82, 2.24) is 0 Å². The van der Waals surface area contributed by atoms with Gasteiger partial charge in [-0.25, -0.2) is 0 Å². The molecule has 0 heterocycles. The fourth-order valence-electron chi connectivity index (χ4n) is 1.60. The second kappa shape index (κ2) is 6.26. The lowest BCUT2D eigenvalue weighted by Gasteiger charge is -2.03. The molecule has 2 heteroatoms. The summed E-state index contributed by atoms with van der Waals surface area (Å²) >= 11 is 1.69. The lowest BCUT2D eigenvalue weighted by molar-refractivity contribution is 1.07. The molecule has 0 aromatic heterocycles. The molecule has 0 amide bonds. The summed E-state index contributed by atoms with van der Waals surface area (Å²) in [5.74, 6) is 0. The fraction of sp³-hybridized carbons (Fsp3) is 0.133. The zero-order valence-corrected chi connectivity index (χ0v) is 10.7. The molecule has 0 saturated carbocycles. The Bertz CT molecular complexity index is 477. The first kappa shape index (κ1) is 11.9. The van der Waals surface area contributed by atoms with Crippen LogP contribution in [0.1, 0.15) is 11.1 Å². The normalized spacial score (nSPS) is 11.5. The molecule has 0 atom stereocenters. The molecule has 2 aromatic rings. The maximum atomic E-state index is 4.66. The van der Waals surface area contributed by atoms with Gasteiger partial charge >= 0.3 is 0 Å². The molecule has 17 heavy (non-hydrogen) atoms. The van der Waals surface area contributed by atoms with E-state index in [1.165, 1.54) is 11.1 Å². The number of hydrogen-bond donors (Lipinski definition) is 0. The van der Waals surface area contributed by atoms with Crippen LogP contribution in [0.3, 0.4) is 0 Å². The topological polar surface area (TPSA) is 12.4 Å². The van der Waals surface area contributed by atoms with Gasteiger partial charge in [0.15, 0.2) is 0 Å². The Morgan fingerprint density at radius 3 is 2.12 bits per heavy atom. The Labute approximate surface area is 107 Å². The molecular formula is C15H15NS. The first-order valence-corrected chi connectivity index (χ1v) is 6.80. The SMILES string of the molecule is CSC(=NCc1ccccc1)c1ccccc1. The molecule has 0 bridgehead atoms. The van der Waals surface area contributed by atoms with Gasteiger partial charge in [0, 0.05) is 5.56 Å². The lowest BCUT2D eigenvalue weighted by atomic mass is 10.2. The number of thioether (sulfide) groups is 1. The van der Waals surface area contributed by atoms with Gasteiger partial charge in [0.25, 0.3) is 0 Å². The summed E-state index contributed by atoms with van der Waals surface area (Å²) in [4.78, 5) is 4.66. The highest BCUT2D eigenvalue weighted by molar-refractivity contribution is 8.13. The van der Waals surface area contributed by atoms with Crippen molar-refractivity contribution in [3.63, 3.8) is 0 Å². The average molecular weight is 241 g/mol. The van der Waals surface area contributed by atoms with Gasteiger partial charge in [0.2, 0.25) is 0 Å². The van der Waals surface area contributed by atoms with E-state index in [0.29, 0.717) is 0 Å². The van der Waals surface area contributed by atoms with Crippen LogP contribution in [-0.2, 0) is 6.54 Å². The van der Waals surface area contributed by atoms with Crippen LogP contribution in [0.15, 0.2) is 65.7 Å². The third-order valence-electron chi connectivity index (χ3n) is 2.46. The molecule has 2 rings (SSSR count). The molecule has 0 aliphatic heterocycles. The monoisotopic (exact) mass is 241 g/mol. The van der Waals surface area contributed by atoms with Crippen LogP contribution in [0.2, 0.25) is 0 Å². The van der Waals surface area contributed by atoms with E-state index in [2.05, 4.69) is 35.5 Å². The van der Waals surface area contributed by atoms with Crippen LogP contribution in [0.4, 0.5) is 0 Å². The summed E-state index contributed by atoms with van der Waals surface area (Å²) in [6.45, 7) is 0.742. The molecule has 0 aliphatic carbocycles. The summed E-state index contributed by atoms with van der Waals surface area (Å²) in [6.07, 6.45) is 2.07. The molecule has 86 valence electrons. The first-order valence-electron chi connectivity index (χ1n) is 5.58. The number of hydrogen-bond acceptors (Lipinski definition) is 2. The van der Waals surface area contributed by atoms with Gasteiger partial charge in [-0.15, -0.1) is 11.8 Å². The molecule has 0 fully saturated rings. The first-order chi connectivity index (χ1) is 8.40. The third-order valence-corrected chi connectivity index (χ3v) is 3.21. The van der Waals surface area contributed by atoms with Crippen molar-refractivity contribution in [2.45, 2.75) is 6.54 Å². The second-order valence-electron chi connectivity index (χ2n) is 3.68. The van der Waals surface area contributed by atoms with Crippen LogP contribution in [0.5, 0.6) is 0 Å². The van der Waals surface area contributed by atoms with Gasteiger partial charge in [0.05, 0.1) is 11.6 Å². The van der Waals surface area contributed by atoms with E-state index < -0.39 is 0 Å². The Morgan fingerprint density at radius 1 is 0.941 bits per heavy atom. The maximum absolute atomic E-state index is 4.66. The van der Waals surface area contributed by atoms with E-state index in [1.54, 1.807) is 11.8 Å². The molecular weight excluding hydrogens is 226 g/mol. The molecule has 2 aromatic carbocycles. The summed E-state index contributed by atoms with van der Waals surface area (Å²) in [5, 5.41) is 1.09. The summed E-state index contributed by atoms with van der Waals surface area (Å²) < 4.78 is 0. The second-order valence-corrected chi connectivity index (χ2v) is 4.47. The predicted molar refractivity (Wildman–Crippen MR) is 76.6 cm³/mol. The zero-order chi connectivity index (χ0) is 11.9. The third kappa shape index (κ3) is 3.46. The predicted octanol–water partition coefficient (Wildman–Crippen LogP) is 4.00. The van der Waals surface area contributed by atoms with E-state index >= 15 is 0 Å². The summed E-state index contributed by atoms with van der Waals surface area (Å²) in [6, 6.07) is 20.6. The molecule has 1 nitrogen and oxygen atoms in total. The van der Waals surface area contributed by atoms with Crippen LogP contribution >= 0.6 is 11.8 Å². The molecule has 0 spiro atoms. The van der Waals surface area contributed by atoms with Crippen molar-refractivity contribution in [3.05, 3.63) is 71.8 Å². The van der Waals surface area contributed by atoms with Gasteiger partial charge in [-0.05, 0) is 11.8 Å². The smallest absolute Gasteiger partial charge is 0.0978 e. The fourth-order valence-corrected chi connectivity index (χ4v) is 2.17. The standard InChI is InChI=1S/C15H15NS/c1-17-15(14-10-6-3-7-11-14)16-12-13-8-4-2-5-9-13/h2-11H,12H2,1H3. The highest BCUT2D eigenvalue weighted by atomic mass is 32.2. The van der Waals surface area contributed by atoms with Crippen molar-refractivity contribution < 1.29 is 0 Å². The van der Waals surface area contributed by atoms with Gasteiger partial charge in [-0.3, -0.25) is 4.99 Å². The van der Waals surface area contributed by atoms with E-state index in [4.69, 9.17) is 0 Å². The van der Waals surface area contributed by atoms with E-state index in [1.807, 2.05) is 36.4 Å². The van der Waals surface area contributed by atoms with Crippen LogP contribution in [-0.4, -0.2) is 11.3 Å². The Balaban J connectivity index is 2.14. The minimum atomic E-state index is 0.742. The Hall–Kier alpha value is -1.54. The van der Waals surface area contributed by atoms with Crippen molar-refractivity contribution in [3.8, 4) is 0 Å². The highest BCUT2D eigenvalue weighted by Crippen LogP contribution is 2.12. The van der Waals surface area contributed by atoms with E-state index in [0.717, 1.165) is 11.6 Å². The van der Waals surface area contributed by atoms with Crippen molar-refractivity contribution in [2.75, 3.05) is 6.26 Å². The van der Waals surface area contributed by atoms with Gasteiger partial charge < -0.3 is 0 Å². The Morgan fingerprint density at radius 2 is 1.53 bits per heavy atom. The number of aliphatic imine (C=N–C) groups is 1.